The standard InChI is InChI=1S/C16H30N2O3/c1-11(2)6-5-7-12(3)17-16(21)18-9-8-14(15(19)20)10-13(18)4/h11-14H,5-10H2,1-4H3,(H,17,21)(H,19,20). The number of nitrogens with zero attached hydrogens (tertiary/aromatic N) is 1. The number of amides is 2. The van der Waals surface area contributed by atoms with Gasteiger partial charge in [-0.3, -0.25) is 4.79 Å². The summed E-state index contributed by atoms with van der Waals surface area (Å²) in [6.07, 6.45) is 4.39. The van der Waals surface area contributed by atoms with Crippen LogP contribution in [0.2, 0.25) is 0 Å². The van der Waals surface area contributed by atoms with Crippen molar-refractivity contribution in [2.24, 2.45) is 11.8 Å². The number of rotatable bonds is 6. The van der Waals surface area contributed by atoms with Crippen molar-refractivity contribution in [3.63, 3.8) is 0 Å². The monoisotopic (exact) mass is 298 g/mol. The summed E-state index contributed by atoms with van der Waals surface area (Å²) in [6.45, 7) is 8.91. The second-order valence-corrected chi connectivity index (χ2v) is 6.78. The number of carboxylic acid groups (broad SMARTS) is 1. The molecule has 0 aromatic carbocycles. The molecule has 0 radical (unpaired) electrons. The van der Waals surface area contributed by atoms with Crippen molar-refractivity contribution >= 4 is 12.0 Å². The number of carboxylic acids is 1. The van der Waals surface area contributed by atoms with Crippen molar-refractivity contribution in [3.05, 3.63) is 0 Å². The van der Waals surface area contributed by atoms with Gasteiger partial charge >= 0.3 is 12.0 Å². The Hall–Kier alpha value is -1.26. The highest BCUT2D eigenvalue weighted by atomic mass is 16.4. The Morgan fingerprint density at radius 2 is 1.95 bits per heavy atom. The van der Waals surface area contributed by atoms with Crippen LogP contribution in [0.5, 0.6) is 0 Å². The number of carbonyl (C=O) groups is 2. The highest BCUT2D eigenvalue weighted by Gasteiger charge is 2.32. The van der Waals surface area contributed by atoms with Gasteiger partial charge in [0.05, 0.1) is 5.92 Å². The first kappa shape index (κ1) is 17.8. The van der Waals surface area contributed by atoms with E-state index in [1.807, 2.05) is 13.8 Å². The normalized spacial score (nSPS) is 24.0. The number of hydrogen-bond acceptors (Lipinski definition) is 2. The molecule has 0 aromatic rings. The van der Waals surface area contributed by atoms with Crippen LogP contribution in [0.4, 0.5) is 4.79 Å². The fraction of sp³-hybridized carbons (Fsp3) is 0.875. The van der Waals surface area contributed by atoms with Gasteiger partial charge in [0.25, 0.3) is 0 Å². The average molecular weight is 298 g/mol. The second-order valence-electron chi connectivity index (χ2n) is 6.78. The van der Waals surface area contributed by atoms with Crippen LogP contribution in [0.15, 0.2) is 0 Å². The van der Waals surface area contributed by atoms with Crippen LogP contribution >= 0.6 is 0 Å². The van der Waals surface area contributed by atoms with E-state index in [1.165, 1.54) is 6.42 Å². The van der Waals surface area contributed by atoms with E-state index < -0.39 is 5.97 Å². The summed E-state index contributed by atoms with van der Waals surface area (Å²) < 4.78 is 0. The van der Waals surface area contributed by atoms with Crippen molar-refractivity contribution in [2.45, 2.75) is 71.9 Å². The van der Waals surface area contributed by atoms with Gasteiger partial charge in [-0.15, -0.1) is 0 Å². The van der Waals surface area contributed by atoms with Gasteiger partial charge in [-0.1, -0.05) is 26.7 Å². The molecule has 1 rings (SSSR count). The Balaban J connectivity index is 2.36. The highest BCUT2D eigenvalue weighted by Crippen LogP contribution is 2.23. The zero-order valence-corrected chi connectivity index (χ0v) is 13.8. The number of nitrogens with one attached hydrogen (secondary N) is 1. The van der Waals surface area contributed by atoms with Crippen LogP contribution in [-0.4, -0.2) is 40.6 Å². The van der Waals surface area contributed by atoms with Gasteiger partial charge in [-0.05, 0) is 39.0 Å². The molecule has 3 unspecified atom stereocenters. The predicted octanol–water partition coefficient (Wildman–Crippen LogP) is 3.10. The molecule has 1 aliphatic heterocycles. The molecule has 1 heterocycles. The maximum absolute atomic E-state index is 12.3. The van der Waals surface area contributed by atoms with Crippen molar-refractivity contribution in [1.82, 2.24) is 10.2 Å². The lowest BCUT2D eigenvalue weighted by Crippen LogP contribution is -2.51. The average Bonchev–Trinajstić information content (AvgIpc) is 2.37. The Labute approximate surface area is 128 Å². The maximum atomic E-state index is 12.3. The summed E-state index contributed by atoms with van der Waals surface area (Å²) in [5.74, 6) is -0.362. The van der Waals surface area contributed by atoms with Crippen LogP contribution in [0, 0.1) is 11.8 Å². The van der Waals surface area contributed by atoms with Gasteiger partial charge < -0.3 is 15.3 Å². The Kier molecular flexibility index (Phi) is 6.99. The molecule has 0 bridgehead atoms. The highest BCUT2D eigenvalue weighted by molar-refractivity contribution is 5.76. The number of piperidine rings is 1. The topological polar surface area (TPSA) is 69.6 Å². The summed E-state index contributed by atoms with van der Waals surface area (Å²) in [4.78, 5) is 25.0. The van der Waals surface area contributed by atoms with E-state index in [-0.39, 0.29) is 24.0 Å². The molecule has 21 heavy (non-hydrogen) atoms. The van der Waals surface area contributed by atoms with Crippen LogP contribution in [0.1, 0.15) is 59.8 Å². The third-order valence-corrected chi connectivity index (χ3v) is 4.27. The first-order valence-electron chi connectivity index (χ1n) is 8.11. The molecule has 1 aliphatic rings. The molecular formula is C16H30N2O3. The van der Waals surface area contributed by atoms with E-state index in [0.717, 1.165) is 12.8 Å². The summed E-state index contributed by atoms with van der Waals surface area (Å²) >= 11 is 0. The Bertz CT molecular complexity index is 357. The molecule has 5 nitrogen and oxygen atoms in total. The molecule has 5 heteroatoms. The van der Waals surface area contributed by atoms with E-state index in [0.29, 0.717) is 25.3 Å². The zero-order chi connectivity index (χ0) is 16.0. The molecule has 0 aliphatic carbocycles. The molecule has 1 saturated heterocycles. The smallest absolute Gasteiger partial charge is 0.317 e. The van der Waals surface area contributed by atoms with E-state index >= 15 is 0 Å². The van der Waals surface area contributed by atoms with Crippen molar-refractivity contribution in [2.75, 3.05) is 6.54 Å². The summed E-state index contributed by atoms with van der Waals surface area (Å²) in [5.41, 5.74) is 0. The fourth-order valence-electron chi connectivity index (χ4n) is 2.90. The van der Waals surface area contributed by atoms with Gasteiger partial charge in [-0.25, -0.2) is 4.79 Å². The number of hydrogen-bond donors (Lipinski definition) is 2. The van der Waals surface area contributed by atoms with Crippen molar-refractivity contribution in [1.29, 1.82) is 0 Å². The molecule has 122 valence electrons. The number of carbonyl (C=O) groups excluding carboxylic acids is 1. The van der Waals surface area contributed by atoms with Gasteiger partial charge in [0.1, 0.15) is 0 Å². The van der Waals surface area contributed by atoms with Gasteiger partial charge in [0.15, 0.2) is 0 Å². The summed E-state index contributed by atoms with van der Waals surface area (Å²) in [7, 11) is 0. The molecule has 3 atom stereocenters. The molecule has 1 fully saturated rings. The van der Waals surface area contributed by atoms with E-state index in [9.17, 15) is 9.59 Å². The predicted molar refractivity (Wildman–Crippen MR) is 83.2 cm³/mol. The van der Waals surface area contributed by atoms with Crippen LogP contribution in [-0.2, 0) is 4.79 Å². The van der Waals surface area contributed by atoms with E-state index in [4.69, 9.17) is 5.11 Å². The zero-order valence-electron chi connectivity index (χ0n) is 13.8. The fourth-order valence-corrected chi connectivity index (χ4v) is 2.90. The molecular weight excluding hydrogens is 268 g/mol. The molecule has 0 aromatic heterocycles. The number of urea groups is 1. The SMILES string of the molecule is CC(C)CCCC(C)NC(=O)N1CCC(C(=O)O)CC1C. The minimum absolute atomic E-state index is 0.0114. The Morgan fingerprint density at radius 3 is 2.48 bits per heavy atom. The minimum atomic E-state index is -0.746. The third kappa shape index (κ3) is 5.94. The van der Waals surface area contributed by atoms with Gasteiger partial charge in [0, 0.05) is 18.6 Å². The summed E-state index contributed by atoms with van der Waals surface area (Å²) in [6, 6.07) is 0.103. The molecule has 2 amide bonds. The molecule has 2 N–H and O–H groups in total. The van der Waals surface area contributed by atoms with Crippen LogP contribution < -0.4 is 5.32 Å². The first-order chi connectivity index (χ1) is 9.81. The quantitative estimate of drug-likeness (QED) is 0.791. The second kappa shape index (κ2) is 8.25. The lowest BCUT2D eigenvalue weighted by molar-refractivity contribution is -0.143. The largest absolute Gasteiger partial charge is 0.481 e. The van der Waals surface area contributed by atoms with E-state index in [2.05, 4.69) is 19.2 Å². The van der Waals surface area contributed by atoms with Crippen LogP contribution in [0.25, 0.3) is 0 Å². The van der Waals surface area contributed by atoms with Crippen molar-refractivity contribution in [3.8, 4) is 0 Å². The van der Waals surface area contributed by atoms with Gasteiger partial charge in [-0.2, -0.15) is 0 Å². The third-order valence-electron chi connectivity index (χ3n) is 4.27. The first-order valence-corrected chi connectivity index (χ1v) is 8.11. The number of likely N-dealkylation sites (tertiary alicyclic amines) is 1. The molecule has 0 spiro atoms. The van der Waals surface area contributed by atoms with Crippen molar-refractivity contribution < 1.29 is 14.7 Å². The minimum Gasteiger partial charge on any atom is -0.481 e. The van der Waals surface area contributed by atoms with Crippen LogP contribution in [0.3, 0.4) is 0 Å². The van der Waals surface area contributed by atoms with E-state index in [1.54, 1.807) is 4.90 Å². The maximum Gasteiger partial charge on any atom is 0.317 e. The Morgan fingerprint density at radius 1 is 1.29 bits per heavy atom. The lowest BCUT2D eigenvalue weighted by atomic mass is 9.92. The number of aliphatic carboxylic acids is 1. The lowest BCUT2D eigenvalue weighted by Gasteiger charge is -2.36. The molecule has 0 saturated carbocycles. The van der Waals surface area contributed by atoms with Gasteiger partial charge in [0.2, 0.25) is 0 Å². The summed E-state index contributed by atoms with van der Waals surface area (Å²) in [5, 5.41) is 12.1.